The van der Waals surface area contributed by atoms with Crippen LogP contribution in [0, 0.1) is 0 Å². The summed E-state index contributed by atoms with van der Waals surface area (Å²) in [6.45, 7) is 6.76. The molecule has 1 aromatic rings. The number of nitrogens with one attached hydrogen (secondary N) is 1. The van der Waals surface area contributed by atoms with E-state index >= 15 is 0 Å². The second kappa shape index (κ2) is 6.38. The molecule has 1 aromatic heterocycles. The van der Waals surface area contributed by atoms with Crippen LogP contribution in [0.2, 0.25) is 0 Å². The molecule has 0 aliphatic rings. The Bertz CT molecular complexity index is 282. The number of aliphatic hydroxyl groups excluding tert-OH is 1. The summed E-state index contributed by atoms with van der Waals surface area (Å²) in [5.74, 6) is 0. The van der Waals surface area contributed by atoms with Gasteiger partial charge in [-0.3, -0.25) is 0 Å². The summed E-state index contributed by atoms with van der Waals surface area (Å²) in [4.78, 5) is 1.43. The lowest BCUT2D eigenvalue weighted by Gasteiger charge is -2.31. The highest BCUT2D eigenvalue weighted by Crippen LogP contribution is 2.16. The fraction of sp³-hybridized carbons (Fsp3) is 0.692. The third-order valence-corrected chi connectivity index (χ3v) is 3.75. The average Bonchev–Trinajstić information content (AvgIpc) is 2.69. The van der Waals surface area contributed by atoms with Crippen molar-refractivity contribution in [3.63, 3.8) is 0 Å². The fourth-order valence-corrected chi connectivity index (χ4v) is 2.66. The monoisotopic (exact) mass is 241 g/mol. The molecule has 16 heavy (non-hydrogen) atoms. The minimum atomic E-state index is 0.0205. The molecule has 0 spiro atoms. The first-order valence-electron chi connectivity index (χ1n) is 5.98. The Labute approximate surface area is 103 Å². The summed E-state index contributed by atoms with van der Waals surface area (Å²) in [6.07, 6.45) is 3.00. The van der Waals surface area contributed by atoms with E-state index in [2.05, 4.69) is 43.6 Å². The molecule has 2 nitrogen and oxygen atoms in total. The maximum atomic E-state index is 9.01. The second-order valence-electron chi connectivity index (χ2n) is 4.89. The van der Waals surface area contributed by atoms with Crippen LogP contribution in [0.25, 0.3) is 0 Å². The topological polar surface area (TPSA) is 32.3 Å². The van der Waals surface area contributed by atoms with Crippen molar-refractivity contribution < 1.29 is 5.11 Å². The lowest BCUT2D eigenvalue weighted by atomic mass is 9.98. The molecular weight excluding hydrogens is 218 g/mol. The van der Waals surface area contributed by atoms with E-state index in [0.29, 0.717) is 6.04 Å². The third-order valence-electron chi connectivity index (χ3n) is 2.85. The Morgan fingerprint density at radius 1 is 1.50 bits per heavy atom. The van der Waals surface area contributed by atoms with Gasteiger partial charge in [-0.15, -0.1) is 11.3 Å². The summed E-state index contributed by atoms with van der Waals surface area (Å²) < 4.78 is 0. The first kappa shape index (κ1) is 13.7. The smallest absolute Gasteiger partial charge is 0.0448 e. The van der Waals surface area contributed by atoms with Gasteiger partial charge in [-0.25, -0.2) is 0 Å². The maximum absolute atomic E-state index is 9.01. The van der Waals surface area contributed by atoms with Gasteiger partial charge in [-0.05, 0) is 44.6 Å². The Balaban J connectivity index is 2.48. The van der Waals surface area contributed by atoms with Crippen molar-refractivity contribution in [2.24, 2.45) is 0 Å². The molecule has 0 aromatic carbocycles. The van der Waals surface area contributed by atoms with Gasteiger partial charge in [0.05, 0.1) is 0 Å². The zero-order valence-corrected chi connectivity index (χ0v) is 11.3. The number of hydrogen-bond donors (Lipinski definition) is 2. The number of aliphatic hydroxyl groups is 1. The van der Waals surface area contributed by atoms with Crippen LogP contribution in [0.5, 0.6) is 0 Å². The molecule has 0 amide bonds. The zero-order chi connectivity index (χ0) is 12.0. The molecular formula is C13H23NOS. The van der Waals surface area contributed by atoms with Crippen LogP contribution in [-0.2, 0) is 6.42 Å². The third kappa shape index (κ3) is 4.64. The van der Waals surface area contributed by atoms with Crippen LogP contribution in [0.4, 0.5) is 0 Å². The SMILES string of the molecule is CCC(Cc1cccs1)NC(C)(C)CCO. The molecule has 92 valence electrons. The predicted octanol–water partition coefficient (Wildman–Crippen LogP) is 2.82. The molecule has 1 rings (SSSR count). The molecule has 0 aliphatic carbocycles. The molecule has 3 heteroatoms. The first-order valence-corrected chi connectivity index (χ1v) is 6.86. The van der Waals surface area contributed by atoms with E-state index in [-0.39, 0.29) is 12.1 Å². The van der Waals surface area contributed by atoms with Crippen molar-refractivity contribution in [3.8, 4) is 0 Å². The van der Waals surface area contributed by atoms with Gasteiger partial charge >= 0.3 is 0 Å². The highest BCUT2D eigenvalue weighted by atomic mass is 32.1. The van der Waals surface area contributed by atoms with E-state index < -0.39 is 0 Å². The molecule has 0 fully saturated rings. The van der Waals surface area contributed by atoms with Crippen LogP contribution in [-0.4, -0.2) is 23.3 Å². The molecule has 1 atom stereocenters. The Hall–Kier alpha value is -0.380. The minimum absolute atomic E-state index is 0.0205. The van der Waals surface area contributed by atoms with Gasteiger partial charge in [0.1, 0.15) is 0 Å². The summed E-state index contributed by atoms with van der Waals surface area (Å²) in [6, 6.07) is 4.79. The van der Waals surface area contributed by atoms with Gasteiger partial charge in [0.15, 0.2) is 0 Å². The largest absolute Gasteiger partial charge is 0.396 e. The second-order valence-corrected chi connectivity index (χ2v) is 5.92. The molecule has 1 unspecified atom stereocenters. The number of hydrogen-bond acceptors (Lipinski definition) is 3. The molecule has 0 aliphatic heterocycles. The highest BCUT2D eigenvalue weighted by Gasteiger charge is 2.20. The molecule has 0 bridgehead atoms. The van der Waals surface area contributed by atoms with E-state index in [9.17, 15) is 0 Å². The molecule has 1 heterocycles. The van der Waals surface area contributed by atoms with Gasteiger partial charge in [0, 0.05) is 23.1 Å². The van der Waals surface area contributed by atoms with Gasteiger partial charge in [-0.1, -0.05) is 13.0 Å². The van der Waals surface area contributed by atoms with E-state index in [0.717, 1.165) is 19.3 Å². The minimum Gasteiger partial charge on any atom is -0.396 e. The van der Waals surface area contributed by atoms with Crippen molar-refractivity contribution >= 4 is 11.3 Å². The maximum Gasteiger partial charge on any atom is 0.0448 e. The van der Waals surface area contributed by atoms with Crippen molar-refractivity contribution in [2.75, 3.05) is 6.61 Å². The lowest BCUT2D eigenvalue weighted by Crippen LogP contribution is -2.47. The summed E-state index contributed by atoms with van der Waals surface area (Å²) >= 11 is 1.82. The van der Waals surface area contributed by atoms with Gasteiger partial charge in [0.2, 0.25) is 0 Å². The Morgan fingerprint density at radius 3 is 2.75 bits per heavy atom. The van der Waals surface area contributed by atoms with Crippen molar-refractivity contribution in [2.45, 2.75) is 51.6 Å². The standard InChI is InChI=1S/C13H23NOS/c1-4-11(10-12-6-5-9-16-12)14-13(2,3)7-8-15/h5-6,9,11,14-15H,4,7-8,10H2,1-3H3. The highest BCUT2D eigenvalue weighted by molar-refractivity contribution is 7.09. The molecule has 0 saturated carbocycles. The average molecular weight is 241 g/mol. The summed E-state index contributed by atoms with van der Waals surface area (Å²) in [7, 11) is 0. The number of thiophene rings is 1. The number of rotatable bonds is 7. The molecule has 0 saturated heterocycles. The van der Waals surface area contributed by atoms with Crippen LogP contribution in [0.3, 0.4) is 0 Å². The summed E-state index contributed by atoms with van der Waals surface area (Å²) in [5.41, 5.74) is 0.0205. The normalized spacial score (nSPS) is 14.0. The first-order chi connectivity index (χ1) is 7.57. The van der Waals surface area contributed by atoms with Crippen LogP contribution >= 0.6 is 11.3 Å². The van der Waals surface area contributed by atoms with Crippen molar-refractivity contribution in [3.05, 3.63) is 22.4 Å². The van der Waals surface area contributed by atoms with Gasteiger partial charge < -0.3 is 10.4 Å². The Kier molecular flexibility index (Phi) is 5.46. The van der Waals surface area contributed by atoms with E-state index in [1.54, 1.807) is 0 Å². The van der Waals surface area contributed by atoms with Crippen LogP contribution in [0.15, 0.2) is 17.5 Å². The van der Waals surface area contributed by atoms with E-state index in [1.807, 2.05) is 11.3 Å². The predicted molar refractivity (Wildman–Crippen MR) is 71.0 cm³/mol. The zero-order valence-electron chi connectivity index (χ0n) is 10.5. The van der Waals surface area contributed by atoms with E-state index in [1.165, 1.54) is 4.88 Å². The van der Waals surface area contributed by atoms with Crippen LogP contribution < -0.4 is 5.32 Å². The molecule has 2 N–H and O–H groups in total. The van der Waals surface area contributed by atoms with Gasteiger partial charge in [-0.2, -0.15) is 0 Å². The van der Waals surface area contributed by atoms with Crippen molar-refractivity contribution in [1.29, 1.82) is 0 Å². The Morgan fingerprint density at radius 2 is 2.25 bits per heavy atom. The summed E-state index contributed by atoms with van der Waals surface area (Å²) in [5, 5.41) is 14.8. The van der Waals surface area contributed by atoms with Crippen LogP contribution in [0.1, 0.15) is 38.5 Å². The quantitative estimate of drug-likeness (QED) is 0.769. The lowest BCUT2D eigenvalue weighted by molar-refractivity contribution is 0.217. The van der Waals surface area contributed by atoms with E-state index in [4.69, 9.17) is 5.11 Å². The van der Waals surface area contributed by atoms with Crippen molar-refractivity contribution in [1.82, 2.24) is 5.32 Å². The fourth-order valence-electron chi connectivity index (χ4n) is 1.87. The van der Waals surface area contributed by atoms with Gasteiger partial charge in [0.25, 0.3) is 0 Å². The molecule has 0 radical (unpaired) electrons.